The molecule has 0 radical (unpaired) electrons. The van der Waals surface area contributed by atoms with Crippen molar-refractivity contribution in [2.45, 2.75) is 117 Å². The van der Waals surface area contributed by atoms with Gasteiger partial charge >= 0.3 is 0 Å². The van der Waals surface area contributed by atoms with Crippen LogP contribution in [0.1, 0.15) is 117 Å². The minimum atomic E-state index is -7.22. The van der Waals surface area contributed by atoms with Crippen LogP contribution in [0.5, 0.6) is 0 Å². The van der Waals surface area contributed by atoms with E-state index in [-0.39, 0.29) is 0 Å². The molecule has 1 nitrogen and oxygen atoms in total. The van der Waals surface area contributed by atoms with Gasteiger partial charge in [-0.15, -0.1) is 21.9 Å². The first kappa shape index (κ1) is 54.4. The van der Waals surface area contributed by atoms with Crippen molar-refractivity contribution in [1.82, 2.24) is 0 Å². The second-order valence-electron chi connectivity index (χ2n) is 17.8. The molecule has 2 aliphatic rings. The van der Waals surface area contributed by atoms with Gasteiger partial charge in [-0.3, -0.25) is 0 Å². The number of rotatable bonds is 14. The molecule has 0 aromatic heterocycles. The summed E-state index contributed by atoms with van der Waals surface area (Å²) in [7, 11) is 0. The number of unbranched alkanes of at least 4 members (excludes halogenated alkanes) is 2. The molecule has 2 aliphatic carbocycles. The topological polar surface area (TPSA) is 16.6 Å². The first-order valence-corrected chi connectivity index (χ1v) is 22.0. The van der Waals surface area contributed by atoms with Crippen molar-refractivity contribution in [3.05, 3.63) is 116 Å². The summed E-state index contributed by atoms with van der Waals surface area (Å²) in [5.41, 5.74) is -12.9. The summed E-state index contributed by atoms with van der Waals surface area (Å²) in [6.45, 7) is 7.59. The van der Waals surface area contributed by atoms with Crippen molar-refractivity contribution in [1.29, 1.82) is 0 Å². The van der Waals surface area contributed by atoms with Gasteiger partial charge in [0.2, 0.25) is 0 Å². The van der Waals surface area contributed by atoms with Gasteiger partial charge in [0.1, 0.15) is 52.7 Å². The lowest BCUT2D eigenvalue weighted by Gasteiger charge is -2.44. The van der Waals surface area contributed by atoms with E-state index in [1.54, 1.807) is 0 Å². The van der Waals surface area contributed by atoms with E-state index >= 15 is 35.1 Å². The van der Waals surface area contributed by atoms with Crippen molar-refractivity contribution in [3.8, 4) is 0 Å². The standard InChI is InChI=1S/C24BF20.C22H43N/c26-5-1(6(27)14(35)21(42)13(5)34)25(2-7(28)15(36)22(43)16(37)8(2)29,3-9(30)17(38)23(44)18(39)10(3)31)4-11(32)19(40)24(45)20(41)12(4)33;1-3-5-13-21(15-9-7-10-16-21)19-23-20-22(14-6-4-2)17-11-8-12-18-22/h;23H,3-20H2,1-2H3/q-1;/p+1. The third-order valence-corrected chi connectivity index (χ3v) is 13.8. The van der Waals surface area contributed by atoms with E-state index in [4.69, 9.17) is 0 Å². The lowest BCUT2D eigenvalue weighted by Crippen LogP contribution is -2.89. The molecule has 0 heterocycles. The molecule has 0 saturated heterocycles. The highest BCUT2D eigenvalue weighted by Crippen LogP contribution is 2.41. The average Bonchev–Trinajstić information content (AvgIpc) is 3.33. The molecule has 0 amide bonds. The van der Waals surface area contributed by atoms with Crippen LogP contribution in [0.3, 0.4) is 0 Å². The summed E-state index contributed by atoms with van der Waals surface area (Å²) < 4.78 is 294. The first-order chi connectivity index (χ1) is 31.9. The highest BCUT2D eigenvalue weighted by atomic mass is 19.2. The van der Waals surface area contributed by atoms with Crippen LogP contribution in [-0.2, 0) is 0 Å². The SMILES string of the molecule is CCCCC1(C[NH2+]CC2(CCCC)CCCCC2)CCCCC1.Fc1c(F)c(F)c([B-](c2c(F)c(F)c(F)c(F)c2F)(c2c(F)c(F)c(F)c(F)c2F)c2c(F)c(F)c(F)c(F)c2F)c(F)c1F. The fourth-order valence-corrected chi connectivity index (χ4v) is 10.4. The third kappa shape index (κ3) is 9.56. The largest absolute Gasteiger partial charge is 0.345 e. The molecular weight excluding hydrogens is 957 g/mol. The van der Waals surface area contributed by atoms with E-state index in [1.165, 1.54) is 116 Å². The number of halogens is 20. The number of hydrogen-bond donors (Lipinski definition) is 1. The second kappa shape index (κ2) is 21.7. The number of quaternary nitrogens is 1. The molecule has 22 heteroatoms. The number of benzene rings is 4. The van der Waals surface area contributed by atoms with E-state index in [1.807, 2.05) is 0 Å². The van der Waals surface area contributed by atoms with Crippen molar-refractivity contribution < 1.29 is 93.1 Å². The zero-order valence-corrected chi connectivity index (χ0v) is 36.4. The Morgan fingerprint density at radius 2 is 0.500 bits per heavy atom. The highest BCUT2D eigenvalue weighted by molar-refractivity contribution is 7.20. The van der Waals surface area contributed by atoms with Crippen molar-refractivity contribution in [2.75, 3.05) is 13.1 Å². The van der Waals surface area contributed by atoms with Gasteiger partial charge in [-0.2, -0.15) is 0 Å². The zero-order valence-electron chi connectivity index (χ0n) is 36.4. The van der Waals surface area contributed by atoms with Crippen LogP contribution < -0.4 is 27.2 Å². The Balaban J connectivity index is 0.000000314. The van der Waals surface area contributed by atoms with Gasteiger partial charge in [-0.1, -0.05) is 78.1 Å². The summed E-state index contributed by atoms with van der Waals surface area (Å²) >= 11 is 0. The normalized spacial score (nSPS) is 16.0. The quantitative estimate of drug-likeness (QED) is 0.0561. The maximum Gasteiger partial charge on any atom is 0.200 e. The lowest BCUT2D eigenvalue weighted by atomic mass is 9.12. The minimum Gasteiger partial charge on any atom is -0.345 e. The Bertz CT molecular complexity index is 2090. The molecule has 2 saturated carbocycles. The zero-order chi connectivity index (χ0) is 50.8. The van der Waals surface area contributed by atoms with E-state index in [9.17, 15) is 52.7 Å². The summed E-state index contributed by atoms with van der Waals surface area (Å²) in [5.74, 6) is -71.4. The molecule has 0 spiro atoms. The van der Waals surface area contributed by atoms with Gasteiger partial charge in [0.25, 0.3) is 0 Å². The molecule has 376 valence electrons. The summed E-state index contributed by atoms with van der Waals surface area (Å²) in [6.07, 6.45) is 16.5. The molecule has 2 fully saturated rings. The Labute approximate surface area is 377 Å². The Morgan fingerprint density at radius 3 is 0.691 bits per heavy atom. The fraction of sp³-hybridized carbons (Fsp3) is 0.478. The van der Waals surface area contributed by atoms with Crippen LogP contribution in [0.15, 0.2) is 0 Å². The van der Waals surface area contributed by atoms with Crippen molar-refractivity contribution in [3.63, 3.8) is 0 Å². The molecule has 6 rings (SSSR count). The van der Waals surface area contributed by atoms with Crippen LogP contribution in [0, 0.1) is 127 Å². The Hall–Kier alpha value is -4.50. The highest BCUT2D eigenvalue weighted by Gasteiger charge is 2.52. The molecule has 2 N–H and O–H groups in total. The summed E-state index contributed by atoms with van der Waals surface area (Å²) in [4.78, 5) is 0. The Kier molecular flexibility index (Phi) is 17.3. The van der Waals surface area contributed by atoms with Gasteiger partial charge in [0.15, 0.2) is 69.8 Å². The van der Waals surface area contributed by atoms with Crippen LogP contribution >= 0.6 is 0 Å². The molecule has 0 aliphatic heterocycles. The van der Waals surface area contributed by atoms with Gasteiger partial charge in [0, 0.05) is 10.8 Å². The lowest BCUT2D eigenvalue weighted by molar-refractivity contribution is -0.679. The molecular formula is C46H44BF20N. The van der Waals surface area contributed by atoms with E-state index in [2.05, 4.69) is 19.2 Å². The van der Waals surface area contributed by atoms with Crippen molar-refractivity contribution in [2.24, 2.45) is 10.8 Å². The van der Waals surface area contributed by atoms with Crippen LogP contribution in [-0.4, -0.2) is 19.2 Å². The second-order valence-corrected chi connectivity index (χ2v) is 17.8. The van der Waals surface area contributed by atoms with Crippen molar-refractivity contribution >= 4 is 28.0 Å². The van der Waals surface area contributed by atoms with E-state index in [0.717, 1.165) is 0 Å². The predicted molar refractivity (Wildman–Crippen MR) is 211 cm³/mol. The van der Waals surface area contributed by atoms with E-state index in [0.29, 0.717) is 10.8 Å². The van der Waals surface area contributed by atoms with Gasteiger partial charge in [-0.05, 0) is 38.5 Å². The van der Waals surface area contributed by atoms with Crippen LogP contribution in [0.25, 0.3) is 0 Å². The Morgan fingerprint density at radius 1 is 0.309 bits per heavy atom. The fourth-order valence-electron chi connectivity index (χ4n) is 10.4. The monoisotopic (exact) mass is 1000 g/mol. The molecule has 0 unspecified atom stereocenters. The van der Waals surface area contributed by atoms with Gasteiger partial charge in [-0.25, -0.2) is 87.8 Å². The molecule has 4 aromatic rings. The van der Waals surface area contributed by atoms with Crippen LogP contribution in [0.2, 0.25) is 0 Å². The van der Waals surface area contributed by atoms with Gasteiger partial charge in [0.05, 0.1) is 13.1 Å². The van der Waals surface area contributed by atoms with Crippen LogP contribution in [0.4, 0.5) is 87.8 Å². The summed E-state index contributed by atoms with van der Waals surface area (Å²) in [6, 6.07) is 0. The first-order valence-electron chi connectivity index (χ1n) is 22.0. The smallest absolute Gasteiger partial charge is 0.200 e. The molecule has 0 atom stereocenters. The van der Waals surface area contributed by atoms with Gasteiger partial charge < -0.3 is 5.32 Å². The minimum absolute atomic E-state index is 0.703. The summed E-state index contributed by atoms with van der Waals surface area (Å²) in [5, 5.41) is 2.78. The third-order valence-electron chi connectivity index (χ3n) is 13.8. The number of hydrogen-bond acceptors (Lipinski definition) is 0. The molecule has 0 bridgehead atoms. The predicted octanol–water partition coefficient (Wildman–Crippen LogP) is 11.7. The number of nitrogens with two attached hydrogens (primary N) is 1. The maximum absolute atomic E-state index is 15.4. The maximum atomic E-state index is 15.4. The van der Waals surface area contributed by atoms with E-state index < -0.39 is 144 Å². The average molecular weight is 1000 g/mol. The molecule has 4 aromatic carbocycles. The molecule has 68 heavy (non-hydrogen) atoms.